The molecule has 1 fully saturated rings. The number of benzene rings is 1. The van der Waals surface area contributed by atoms with Crippen LogP contribution >= 0.6 is 0 Å². The van der Waals surface area contributed by atoms with Crippen molar-refractivity contribution in [3.63, 3.8) is 0 Å². The molecule has 1 atom stereocenters. The number of carbonyl (C=O) groups excluding carboxylic acids is 1. The second-order valence-electron chi connectivity index (χ2n) is 7.87. The third-order valence-electron chi connectivity index (χ3n) is 6.10. The molecule has 1 aliphatic heterocycles. The molecule has 1 saturated carbocycles. The maximum atomic E-state index is 13.0. The minimum Gasteiger partial charge on any atom is -0.337 e. The van der Waals surface area contributed by atoms with Crippen LogP contribution in [0.1, 0.15) is 47.7 Å². The smallest absolute Gasteiger partial charge is 0.226 e. The molecule has 2 aromatic heterocycles. The number of nitrogens with zero attached hydrogens (tertiary/aromatic N) is 4. The molecule has 1 aromatic carbocycles. The van der Waals surface area contributed by atoms with E-state index in [-0.39, 0.29) is 11.8 Å². The summed E-state index contributed by atoms with van der Waals surface area (Å²) in [6, 6.07) is 12.5. The molecule has 5 nitrogen and oxygen atoms in total. The van der Waals surface area contributed by atoms with Gasteiger partial charge in [-0.3, -0.25) is 9.78 Å². The minimum atomic E-state index is 0.0978. The summed E-state index contributed by atoms with van der Waals surface area (Å²) < 4.78 is 2.19. The SMILES string of the molecule is O=C(C1CCC1)N1Cc2ccccc2[C@@H](c2nccn2Cc2cccnc2)C1. The number of aromatic nitrogens is 3. The largest absolute Gasteiger partial charge is 0.337 e. The van der Waals surface area contributed by atoms with Crippen molar-refractivity contribution in [3.8, 4) is 0 Å². The number of imidazole rings is 1. The number of amides is 1. The Bertz CT molecular complexity index is 977. The summed E-state index contributed by atoms with van der Waals surface area (Å²) in [6.07, 6.45) is 10.8. The van der Waals surface area contributed by atoms with Crippen molar-refractivity contribution < 1.29 is 4.79 Å². The van der Waals surface area contributed by atoms with Crippen molar-refractivity contribution >= 4 is 5.91 Å². The van der Waals surface area contributed by atoms with Crippen LogP contribution in [0.3, 0.4) is 0 Å². The van der Waals surface area contributed by atoms with Gasteiger partial charge in [-0.05, 0) is 35.6 Å². The van der Waals surface area contributed by atoms with Gasteiger partial charge < -0.3 is 9.47 Å². The van der Waals surface area contributed by atoms with Crippen molar-refractivity contribution in [1.29, 1.82) is 0 Å². The first kappa shape index (κ1) is 17.2. The Morgan fingerprint density at radius 2 is 2.00 bits per heavy atom. The van der Waals surface area contributed by atoms with Gasteiger partial charge in [-0.15, -0.1) is 0 Å². The van der Waals surface area contributed by atoms with E-state index in [4.69, 9.17) is 4.98 Å². The maximum Gasteiger partial charge on any atom is 0.226 e. The fraction of sp³-hybridized carbons (Fsp3) is 0.348. The number of carbonyl (C=O) groups is 1. The highest BCUT2D eigenvalue weighted by atomic mass is 16.2. The first-order valence-electron chi connectivity index (χ1n) is 10.1. The van der Waals surface area contributed by atoms with E-state index < -0.39 is 0 Å². The number of hydrogen-bond donors (Lipinski definition) is 0. The van der Waals surface area contributed by atoms with Gasteiger partial charge in [0.15, 0.2) is 0 Å². The Hall–Kier alpha value is -2.95. The first-order chi connectivity index (χ1) is 13.8. The number of pyridine rings is 1. The third-order valence-corrected chi connectivity index (χ3v) is 6.10. The predicted octanol–water partition coefficient (Wildman–Crippen LogP) is 3.60. The Morgan fingerprint density at radius 3 is 2.79 bits per heavy atom. The lowest BCUT2D eigenvalue weighted by Crippen LogP contribution is -2.43. The molecule has 5 heteroatoms. The van der Waals surface area contributed by atoms with Crippen molar-refractivity contribution in [3.05, 3.63) is 83.7 Å². The monoisotopic (exact) mass is 372 g/mol. The van der Waals surface area contributed by atoms with Gasteiger partial charge in [0.05, 0.1) is 12.5 Å². The molecule has 1 aliphatic carbocycles. The molecule has 0 spiro atoms. The van der Waals surface area contributed by atoms with Gasteiger partial charge in [-0.2, -0.15) is 0 Å². The van der Waals surface area contributed by atoms with E-state index in [1.165, 1.54) is 17.5 Å². The molecular weight excluding hydrogens is 348 g/mol. The molecule has 1 amide bonds. The van der Waals surface area contributed by atoms with E-state index in [0.717, 1.165) is 30.8 Å². The normalized spacial score (nSPS) is 19.1. The average Bonchev–Trinajstić information content (AvgIpc) is 3.14. The molecule has 142 valence electrons. The highest BCUT2D eigenvalue weighted by molar-refractivity contribution is 5.80. The van der Waals surface area contributed by atoms with Crippen LogP contribution in [0.2, 0.25) is 0 Å². The van der Waals surface area contributed by atoms with Crippen molar-refractivity contribution in [2.45, 2.75) is 38.3 Å². The summed E-state index contributed by atoms with van der Waals surface area (Å²) >= 11 is 0. The Morgan fingerprint density at radius 1 is 1.11 bits per heavy atom. The second-order valence-corrected chi connectivity index (χ2v) is 7.87. The highest BCUT2D eigenvalue weighted by Crippen LogP contribution is 2.36. The molecule has 0 saturated heterocycles. The molecule has 0 N–H and O–H groups in total. The lowest BCUT2D eigenvalue weighted by Gasteiger charge is -2.38. The van der Waals surface area contributed by atoms with Crippen LogP contribution in [-0.4, -0.2) is 31.9 Å². The average molecular weight is 372 g/mol. The third kappa shape index (κ3) is 3.11. The fourth-order valence-corrected chi connectivity index (χ4v) is 4.36. The predicted molar refractivity (Wildman–Crippen MR) is 107 cm³/mol. The van der Waals surface area contributed by atoms with Gasteiger partial charge >= 0.3 is 0 Å². The van der Waals surface area contributed by atoms with E-state index in [0.29, 0.717) is 19.0 Å². The zero-order valence-corrected chi connectivity index (χ0v) is 15.9. The van der Waals surface area contributed by atoms with Gasteiger partial charge in [0.2, 0.25) is 5.91 Å². The first-order valence-corrected chi connectivity index (χ1v) is 10.1. The highest BCUT2D eigenvalue weighted by Gasteiger charge is 2.35. The standard InChI is InChI=1S/C23H24N4O/c28-23(18-7-3-8-18)27-15-19-6-1-2-9-20(19)21(16-27)22-25-11-12-26(22)14-17-5-4-10-24-13-17/h1-2,4-6,9-13,18,21H,3,7-8,14-16H2/t21-/m0/s1. The van der Waals surface area contributed by atoms with E-state index in [9.17, 15) is 4.79 Å². The molecule has 0 radical (unpaired) electrons. The maximum absolute atomic E-state index is 13.0. The summed E-state index contributed by atoms with van der Waals surface area (Å²) in [6.45, 7) is 2.15. The molecule has 5 rings (SSSR count). The van der Waals surface area contributed by atoms with Crippen LogP contribution in [0.25, 0.3) is 0 Å². The summed E-state index contributed by atoms with van der Waals surface area (Å²) in [5, 5.41) is 0. The van der Waals surface area contributed by atoms with Crippen molar-refractivity contribution in [2.75, 3.05) is 6.54 Å². The Kier molecular flexibility index (Phi) is 4.43. The quantitative estimate of drug-likeness (QED) is 0.703. The van der Waals surface area contributed by atoms with Crippen LogP contribution < -0.4 is 0 Å². The van der Waals surface area contributed by atoms with Gasteiger partial charge in [0.25, 0.3) is 0 Å². The minimum absolute atomic E-state index is 0.0978. The summed E-state index contributed by atoms with van der Waals surface area (Å²) in [5.74, 6) is 1.65. The summed E-state index contributed by atoms with van der Waals surface area (Å²) in [5.41, 5.74) is 3.68. The molecule has 2 aliphatic rings. The lowest BCUT2D eigenvalue weighted by molar-refractivity contribution is -0.139. The van der Waals surface area contributed by atoms with E-state index in [1.807, 2.05) is 24.7 Å². The Labute approximate surface area is 165 Å². The molecule has 3 heterocycles. The molecule has 0 bridgehead atoms. The van der Waals surface area contributed by atoms with E-state index >= 15 is 0 Å². The van der Waals surface area contributed by atoms with Crippen LogP contribution in [0.4, 0.5) is 0 Å². The van der Waals surface area contributed by atoms with Gasteiger partial charge in [0.1, 0.15) is 5.82 Å². The van der Waals surface area contributed by atoms with E-state index in [1.54, 1.807) is 6.20 Å². The van der Waals surface area contributed by atoms with Crippen LogP contribution in [-0.2, 0) is 17.9 Å². The number of rotatable bonds is 4. The van der Waals surface area contributed by atoms with Gasteiger partial charge in [-0.25, -0.2) is 4.98 Å². The Balaban J connectivity index is 1.48. The van der Waals surface area contributed by atoms with Gasteiger partial charge in [-0.1, -0.05) is 36.8 Å². The topological polar surface area (TPSA) is 51.0 Å². The molecule has 3 aromatic rings. The van der Waals surface area contributed by atoms with Crippen molar-refractivity contribution in [2.24, 2.45) is 5.92 Å². The lowest BCUT2D eigenvalue weighted by atomic mass is 9.82. The molecule has 28 heavy (non-hydrogen) atoms. The molecular formula is C23H24N4O. The van der Waals surface area contributed by atoms with Gasteiger partial charge in [0, 0.05) is 43.8 Å². The van der Waals surface area contributed by atoms with Crippen LogP contribution in [0, 0.1) is 5.92 Å². The zero-order valence-electron chi connectivity index (χ0n) is 15.9. The van der Waals surface area contributed by atoms with Crippen molar-refractivity contribution in [1.82, 2.24) is 19.4 Å². The fourth-order valence-electron chi connectivity index (χ4n) is 4.36. The van der Waals surface area contributed by atoms with Crippen LogP contribution in [0.5, 0.6) is 0 Å². The van der Waals surface area contributed by atoms with Crippen LogP contribution in [0.15, 0.2) is 61.2 Å². The molecule has 0 unspecified atom stereocenters. The number of hydrogen-bond acceptors (Lipinski definition) is 3. The zero-order chi connectivity index (χ0) is 18.9. The van der Waals surface area contributed by atoms with E-state index in [2.05, 4.69) is 44.8 Å². The second kappa shape index (κ2) is 7.23. The summed E-state index contributed by atoms with van der Waals surface area (Å²) in [7, 11) is 0. The summed E-state index contributed by atoms with van der Waals surface area (Å²) in [4.78, 5) is 24.0. The number of fused-ring (bicyclic) bond motifs is 1.